The van der Waals surface area contributed by atoms with Gasteiger partial charge in [-0.15, -0.1) is 0 Å². The number of fused-ring (bicyclic) bond motifs is 2. The van der Waals surface area contributed by atoms with Crippen molar-refractivity contribution in [3.05, 3.63) is 71.2 Å². The molecule has 0 amide bonds. The molecule has 5 rings (SSSR count). The van der Waals surface area contributed by atoms with Crippen LogP contribution in [0.3, 0.4) is 0 Å². The van der Waals surface area contributed by atoms with Gasteiger partial charge >= 0.3 is 5.97 Å². The Morgan fingerprint density at radius 2 is 1.91 bits per heavy atom. The Balaban J connectivity index is 0.00000274. The zero-order valence-corrected chi connectivity index (χ0v) is 20.7. The Morgan fingerprint density at radius 1 is 1.09 bits per heavy atom. The van der Waals surface area contributed by atoms with E-state index >= 15 is 0 Å². The van der Waals surface area contributed by atoms with Gasteiger partial charge in [0.25, 0.3) is 0 Å². The van der Waals surface area contributed by atoms with E-state index in [-0.39, 0.29) is 26.0 Å². The highest BCUT2D eigenvalue weighted by Gasteiger charge is 2.34. The summed E-state index contributed by atoms with van der Waals surface area (Å²) in [7, 11) is 0. The first kappa shape index (κ1) is 24.7. The van der Waals surface area contributed by atoms with Crippen LogP contribution in [0.2, 0.25) is 0 Å². The monoisotopic (exact) mass is 477 g/mol. The summed E-state index contributed by atoms with van der Waals surface area (Å²) in [6, 6.07) is 14.5. The number of para-hydroxylation sites is 1. The molecule has 1 saturated heterocycles. The fourth-order valence-electron chi connectivity index (χ4n) is 5.45. The van der Waals surface area contributed by atoms with Gasteiger partial charge in [0, 0.05) is 42.1 Å². The molecule has 5 nitrogen and oxygen atoms in total. The van der Waals surface area contributed by atoms with Crippen molar-refractivity contribution in [1.82, 2.24) is 14.9 Å². The van der Waals surface area contributed by atoms with Gasteiger partial charge in [0.05, 0.1) is 11.9 Å². The molecule has 0 radical (unpaired) electrons. The zero-order chi connectivity index (χ0) is 22.6. The summed E-state index contributed by atoms with van der Waals surface area (Å²) >= 11 is 0. The van der Waals surface area contributed by atoms with Crippen LogP contribution in [-0.2, 0) is 24.1 Å². The van der Waals surface area contributed by atoms with Crippen LogP contribution in [0.1, 0.15) is 67.1 Å². The molecule has 1 N–H and O–H groups in total. The predicted molar refractivity (Wildman–Crippen MR) is 141 cm³/mol. The second-order valence-electron chi connectivity index (χ2n) is 9.76. The topological polar surface area (TPSA) is 66.3 Å². The molecule has 0 unspecified atom stereocenters. The number of hydrogen-bond acceptors (Lipinski definition) is 4. The SMILES string of the molecule is O=C(O)C[C@@H](c1cnc2ccccc2c1)N1CC(CCCCc2ccc3c(n2)CCCC3)C1.S. The Labute approximate surface area is 209 Å². The zero-order valence-electron chi connectivity index (χ0n) is 19.7. The van der Waals surface area contributed by atoms with Crippen LogP contribution in [0.25, 0.3) is 10.9 Å². The number of carboxylic acids is 1. The van der Waals surface area contributed by atoms with Gasteiger partial charge in [0.15, 0.2) is 0 Å². The maximum Gasteiger partial charge on any atom is 0.305 e. The molecule has 6 heteroatoms. The Bertz CT molecular complexity index is 1130. The van der Waals surface area contributed by atoms with Crippen LogP contribution >= 0.6 is 13.5 Å². The average molecular weight is 478 g/mol. The molecule has 3 heterocycles. The second kappa shape index (κ2) is 11.3. The molecule has 1 aliphatic carbocycles. The van der Waals surface area contributed by atoms with E-state index in [2.05, 4.69) is 28.1 Å². The minimum Gasteiger partial charge on any atom is -0.481 e. The number of aromatic nitrogens is 2. The van der Waals surface area contributed by atoms with E-state index in [0.29, 0.717) is 5.92 Å². The molecule has 180 valence electrons. The first-order chi connectivity index (χ1) is 16.2. The number of hydrogen-bond donors (Lipinski definition) is 1. The van der Waals surface area contributed by atoms with Crippen molar-refractivity contribution in [2.45, 2.75) is 63.8 Å². The lowest BCUT2D eigenvalue weighted by molar-refractivity contribution is -0.139. The van der Waals surface area contributed by atoms with Crippen LogP contribution in [-0.4, -0.2) is 39.0 Å². The van der Waals surface area contributed by atoms with Crippen molar-refractivity contribution in [3.8, 4) is 0 Å². The normalized spacial score (nSPS) is 16.9. The van der Waals surface area contributed by atoms with Crippen LogP contribution in [0.5, 0.6) is 0 Å². The van der Waals surface area contributed by atoms with Gasteiger partial charge in [-0.1, -0.05) is 30.7 Å². The Hall–Kier alpha value is -2.44. The first-order valence-corrected chi connectivity index (χ1v) is 12.4. The molecule has 1 atom stereocenters. The second-order valence-corrected chi connectivity index (χ2v) is 9.76. The molecule has 1 aliphatic heterocycles. The fourth-order valence-corrected chi connectivity index (χ4v) is 5.45. The number of carboxylic acid groups (broad SMARTS) is 1. The summed E-state index contributed by atoms with van der Waals surface area (Å²) < 4.78 is 0. The lowest BCUT2D eigenvalue weighted by atomic mass is 9.89. The number of unbranched alkanes of at least 4 members (excludes halogenated alkanes) is 1. The number of nitrogens with zero attached hydrogens (tertiary/aromatic N) is 3. The van der Waals surface area contributed by atoms with E-state index in [1.54, 1.807) is 0 Å². The highest BCUT2D eigenvalue weighted by atomic mass is 32.1. The quantitative estimate of drug-likeness (QED) is 0.413. The standard InChI is InChI=1S/C28H33N3O2.H2S/c32-28(33)16-27(23-15-22-9-3-5-11-25(22)29-17-23)31-18-20(19-31)7-1-4-10-24-14-13-21-8-2-6-12-26(21)30-24;/h3,5,9,11,13-15,17,20,27H,1-2,4,6-8,10,12,16,18-19H2,(H,32,33);1H2/t27-;/m0./s1. The summed E-state index contributed by atoms with van der Waals surface area (Å²) in [6.07, 6.45) is 11.5. The molecule has 2 aromatic heterocycles. The van der Waals surface area contributed by atoms with E-state index in [4.69, 9.17) is 4.98 Å². The Kier molecular flexibility index (Phi) is 8.22. The minimum absolute atomic E-state index is 0. The number of benzene rings is 1. The maximum absolute atomic E-state index is 11.6. The summed E-state index contributed by atoms with van der Waals surface area (Å²) in [5.74, 6) is -0.0969. The molecule has 0 bridgehead atoms. The van der Waals surface area contributed by atoms with E-state index in [9.17, 15) is 9.90 Å². The summed E-state index contributed by atoms with van der Waals surface area (Å²) in [5, 5.41) is 10.6. The van der Waals surface area contributed by atoms with Crippen molar-refractivity contribution in [1.29, 1.82) is 0 Å². The molecule has 2 aliphatic rings. The fraction of sp³-hybridized carbons (Fsp3) is 0.464. The van der Waals surface area contributed by atoms with E-state index < -0.39 is 5.97 Å². The number of pyridine rings is 2. The number of carbonyl (C=O) groups is 1. The molecule has 1 fully saturated rings. The molecule has 1 aromatic carbocycles. The molecular formula is C28H35N3O2S. The van der Waals surface area contributed by atoms with Crippen LogP contribution in [0, 0.1) is 5.92 Å². The van der Waals surface area contributed by atoms with Crippen LogP contribution in [0.15, 0.2) is 48.7 Å². The third-order valence-corrected chi connectivity index (χ3v) is 7.32. The number of aryl methyl sites for hydroxylation is 3. The number of aliphatic carboxylic acids is 1. The molecule has 3 aromatic rings. The van der Waals surface area contributed by atoms with E-state index in [0.717, 1.165) is 42.4 Å². The van der Waals surface area contributed by atoms with Gasteiger partial charge in [-0.3, -0.25) is 19.7 Å². The van der Waals surface area contributed by atoms with Crippen LogP contribution < -0.4 is 0 Å². The summed E-state index contributed by atoms with van der Waals surface area (Å²) in [4.78, 5) is 23.3. The van der Waals surface area contributed by atoms with Crippen molar-refractivity contribution in [2.75, 3.05) is 13.1 Å². The smallest absolute Gasteiger partial charge is 0.305 e. The van der Waals surface area contributed by atoms with Gasteiger partial charge in [-0.05, 0) is 80.2 Å². The number of likely N-dealkylation sites (tertiary alicyclic amines) is 1. The van der Waals surface area contributed by atoms with Gasteiger partial charge in [0.2, 0.25) is 0 Å². The third-order valence-electron chi connectivity index (χ3n) is 7.32. The van der Waals surface area contributed by atoms with Crippen molar-refractivity contribution >= 4 is 30.4 Å². The lowest BCUT2D eigenvalue weighted by Gasteiger charge is -2.44. The van der Waals surface area contributed by atoms with Crippen LogP contribution in [0.4, 0.5) is 0 Å². The van der Waals surface area contributed by atoms with E-state index in [1.807, 2.05) is 30.5 Å². The van der Waals surface area contributed by atoms with E-state index in [1.165, 1.54) is 55.5 Å². The summed E-state index contributed by atoms with van der Waals surface area (Å²) in [5.41, 5.74) is 5.99. The highest BCUT2D eigenvalue weighted by molar-refractivity contribution is 7.59. The first-order valence-electron chi connectivity index (χ1n) is 12.4. The predicted octanol–water partition coefficient (Wildman–Crippen LogP) is 5.48. The lowest BCUT2D eigenvalue weighted by Crippen LogP contribution is -2.48. The third kappa shape index (κ3) is 5.78. The number of rotatable bonds is 9. The molecule has 0 spiro atoms. The van der Waals surface area contributed by atoms with Crippen molar-refractivity contribution in [3.63, 3.8) is 0 Å². The van der Waals surface area contributed by atoms with Crippen molar-refractivity contribution < 1.29 is 9.90 Å². The highest BCUT2D eigenvalue weighted by Crippen LogP contribution is 2.34. The van der Waals surface area contributed by atoms with Gasteiger partial charge in [-0.2, -0.15) is 13.5 Å². The van der Waals surface area contributed by atoms with Crippen molar-refractivity contribution in [2.24, 2.45) is 5.92 Å². The van der Waals surface area contributed by atoms with Gasteiger partial charge < -0.3 is 5.11 Å². The van der Waals surface area contributed by atoms with Gasteiger partial charge in [-0.25, -0.2) is 0 Å². The average Bonchev–Trinajstić information content (AvgIpc) is 2.81. The molecule has 0 saturated carbocycles. The largest absolute Gasteiger partial charge is 0.481 e. The maximum atomic E-state index is 11.6. The van der Waals surface area contributed by atoms with Gasteiger partial charge in [0.1, 0.15) is 0 Å². The Morgan fingerprint density at radius 3 is 2.76 bits per heavy atom. The molecule has 34 heavy (non-hydrogen) atoms. The summed E-state index contributed by atoms with van der Waals surface area (Å²) in [6.45, 7) is 1.95. The minimum atomic E-state index is -0.755. The molecular weight excluding hydrogens is 442 g/mol.